The van der Waals surface area contributed by atoms with Crippen molar-refractivity contribution in [2.75, 3.05) is 6.61 Å². The second kappa shape index (κ2) is 6.48. The molecule has 0 radical (unpaired) electrons. The van der Waals surface area contributed by atoms with Crippen molar-refractivity contribution in [3.63, 3.8) is 0 Å². The second-order valence-corrected chi connectivity index (χ2v) is 4.16. The van der Waals surface area contributed by atoms with E-state index in [1.54, 1.807) is 48.8 Å². The Morgan fingerprint density at radius 2 is 1.90 bits per heavy atom. The fourth-order valence-electron chi connectivity index (χ4n) is 1.89. The van der Waals surface area contributed by atoms with Crippen LogP contribution in [-0.4, -0.2) is 17.4 Å². The van der Waals surface area contributed by atoms with E-state index in [2.05, 4.69) is 4.98 Å². The Hall–Kier alpha value is -2.67. The van der Waals surface area contributed by atoms with Crippen LogP contribution in [0, 0.1) is 11.3 Å². The average Bonchev–Trinajstić information content (AvgIpc) is 2.50. The van der Waals surface area contributed by atoms with Gasteiger partial charge < -0.3 is 4.74 Å². The van der Waals surface area contributed by atoms with Crippen molar-refractivity contribution in [2.24, 2.45) is 0 Å². The van der Waals surface area contributed by atoms with Crippen LogP contribution in [0.25, 0.3) is 0 Å². The Kier molecular flexibility index (Phi) is 4.46. The zero-order chi connectivity index (χ0) is 14.4. The maximum Gasteiger partial charge on any atom is 0.184 e. The zero-order valence-electron chi connectivity index (χ0n) is 11.1. The molecular formula is C16H14N2O2. The van der Waals surface area contributed by atoms with Gasteiger partial charge in [0, 0.05) is 18.0 Å². The molecule has 2 aromatic rings. The van der Waals surface area contributed by atoms with Crippen LogP contribution < -0.4 is 4.74 Å². The number of aromatic nitrogens is 1. The molecule has 0 saturated carbocycles. The van der Waals surface area contributed by atoms with Gasteiger partial charge in [0.15, 0.2) is 5.78 Å². The number of carbonyl (C=O) groups excluding carboxylic acids is 1. The fraction of sp³-hybridized carbons (Fsp3) is 0.188. The Labute approximate surface area is 117 Å². The molecule has 0 N–H and O–H groups in total. The molecule has 1 aromatic heterocycles. The number of nitrogens with zero attached hydrogens (tertiary/aromatic N) is 2. The molecule has 1 aromatic carbocycles. The molecule has 4 nitrogen and oxygen atoms in total. The molecule has 1 heterocycles. The number of ketones is 1. The van der Waals surface area contributed by atoms with Crippen LogP contribution in [0.4, 0.5) is 0 Å². The lowest BCUT2D eigenvalue weighted by Crippen LogP contribution is -2.11. The van der Waals surface area contributed by atoms with E-state index in [-0.39, 0.29) is 5.78 Å². The summed E-state index contributed by atoms with van der Waals surface area (Å²) >= 11 is 0. The first-order chi connectivity index (χ1) is 9.76. The minimum absolute atomic E-state index is 0.221. The molecule has 2 rings (SSSR count). The van der Waals surface area contributed by atoms with Gasteiger partial charge >= 0.3 is 0 Å². The number of hydrogen-bond donors (Lipinski definition) is 0. The van der Waals surface area contributed by atoms with Crippen molar-refractivity contribution in [1.82, 2.24) is 4.98 Å². The number of Topliss-reactive ketones (excluding diaryl/α,β-unsaturated/α-hetero) is 1. The van der Waals surface area contributed by atoms with Crippen molar-refractivity contribution in [3.05, 3.63) is 59.9 Å². The lowest BCUT2D eigenvalue weighted by atomic mass is 9.92. The lowest BCUT2D eigenvalue weighted by Gasteiger charge is -2.09. The molecule has 100 valence electrons. The van der Waals surface area contributed by atoms with E-state index >= 15 is 0 Å². The normalized spacial score (nSPS) is 11.4. The largest absolute Gasteiger partial charge is 0.494 e. The maximum atomic E-state index is 12.4. The number of rotatable bonds is 5. The molecule has 1 unspecified atom stereocenters. The van der Waals surface area contributed by atoms with E-state index in [0.29, 0.717) is 23.5 Å². The summed E-state index contributed by atoms with van der Waals surface area (Å²) < 4.78 is 5.33. The van der Waals surface area contributed by atoms with Crippen LogP contribution >= 0.6 is 0 Å². The minimum Gasteiger partial charge on any atom is -0.494 e. The van der Waals surface area contributed by atoms with Crippen LogP contribution in [0.15, 0.2) is 48.8 Å². The van der Waals surface area contributed by atoms with E-state index in [1.165, 1.54) is 0 Å². The Bertz CT molecular complexity index is 615. The molecule has 0 spiro atoms. The molecule has 0 aliphatic rings. The Morgan fingerprint density at radius 3 is 2.45 bits per heavy atom. The highest BCUT2D eigenvalue weighted by Crippen LogP contribution is 2.21. The van der Waals surface area contributed by atoms with Crippen LogP contribution in [0.5, 0.6) is 5.75 Å². The predicted octanol–water partition coefficient (Wildman–Crippen LogP) is 2.97. The van der Waals surface area contributed by atoms with Gasteiger partial charge in [-0.3, -0.25) is 9.78 Å². The third-order valence-electron chi connectivity index (χ3n) is 2.88. The minimum atomic E-state index is -0.809. The topological polar surface area (TPSA) is 63.0 Å². The van der Waals surface area contributed by atoms with Gasteiger partial charge in [0.05, 0.1) is 12.7 Å². The molecule has 4 heteroatoms. The van der Waals surface area contributed by atoms with Crippen molar-refractivity contribution >= 4 is 5.78 Å². The zero-order valence-corrected chi connectivity index (χ0v) is 11.1. The quantitative estimate of drug-likeness (QED) is 0.780. The molecule has 0 aliphatic heterocycles. The maximum absolute atomic E-state index is 12.4. The van der Waals surface area contributed by atoms with Gasteiger partial charge in [0.1, 0.15) is 11.7 Å². The summed E-state index contributed by atoms with van der Waals surface area (Å²) in [5, 5.41) is 9.23. The van der Waals surface area contributed by atoms with Gasteiger partial charge in [-0.25, -0.2) is 0 Å². The predicted molar refractivity (Wildman–Crippen MR) is 74.5 cm³/mol. The van der Waals surface area contributed by atoms with Gasteiger partial charge in [-0.05, 0) is 48.9 Å². The molecule has 0 fully saturated rings. The summed E-state index contributed by atoms with van der Waals surface area (Å²) in [5.41, 5.74) is 1.15. The lowest BCUT2D eigenvalue weighted by molar-refractivity contribution is 0.0979. The summed E-state index contributed by atoms with van der Waals surface area (Å²) in [4.78, 5) is 16.3. The summed E-state index contributed by atoms with van der Waals surface area (Å²) in [6, 6.07) is 12.2. The van der Waals surface area contributed by atoms with E-state index < -0.39 is 5.92 Å². The van der Waals surface area contributed by atoms with Crippen LogP contribution in [0.3, 0.4) is 0 Å². The van der Waals surface area contributed by atoms with Crippen LogP contribution in [0.1, 0.15) is 28.8 Å². The molecule has 0 aliphatic carbocycles. The first kappa shape index (κ1) is 13.8. The first-order valence-corrected chi connectivity index (χ1v) is 6.33. The van der Waals surface area contributed by atoms with Gasteiger partial charge in [0.25, 0.3) is 0 Å². The summed E-state index contributed by atoms with van der Waals surface area (Å²) in [6.07, 6.45) is 3.15. The van der Waals surface area contributed by atoms with E-state index in [1.807, 2.05) is 13.0 Å². The SMILES string of the molecule is CCOc1ccc(C(=O)C(C#N)c2ccncc2)cc1. The van der Waals surface area contributed by atoms with Crippen molar-refractivity contribution in [2.45, 2.75) is 12.8 Å². The molecule has 0 amide bonds. The number of nitriles is 1. The Morgan fingerprint density at radius 1 is 1.25 bits per heavy atom. The van der Waals surface area contributed by atoms with Gasteiger partial charge in [0.2, 0.25) is 0 Å². The van der Waals surface area contributed by atoms with E-state index in [4.69, 9.17) is 4.74 Å². The standard InChI is InChI=1S/C16H14N2O2/c1-2-20-14-5-3-13(4-6-14)16(19)15(11-17)12-7-9-18-10-8-12/h3-10,15H,2H2,1H3. The summed E-state index contributed by atoms with van der Waals surface area (Å²) in [5.74, 6) is -0.320. The van der Waals surface area contributed by atoms with Gasteiger partial charge in [-0.1, -0.05) is 0 Å². The average molecular weight is 266 g/mol. The van der Waals surface area contributed by atoms with E-state index in [0.717, 1.165) is 0 Å². The fourth-order valence-corrected chi connectivity index (χ4v) is 1.89. The van der Waals surface area contributed by atoms with Crippen LogP contribution in [-0.2, 0) is 0 Å². The molecular weight excluding hydrogens is 252 g/mol. The number of carbonyl (C=O) groups is 1. The molecule has 0 saturated heterocycles. The van der Waals surface area contributed by atoms with Crippen molar-refractivity contribution in [1.29, 1.82) is 5.26 Å². The number of pyridine rings is 1. The number of ether oxygens (including phenoxy) is 1. The number of hydrogen-bond acceptors (Lipinski definition) is 4. The smallest absolute Gasteiger partial charge is 0.184 e. The van der Waals surface area contributed by atoms with Crippen molar-refractivity contribution in [3.8, 4) is 11.8 Å². The third kappa shape index (κ3) is 3.01. The molecule has 1 atom stereocenters. The highest BCUT2D eigenvalue weighted by Gasteiger charge is 2.21. The van der Waals surface area contributed by atoms with E-state index in [9.17, 15) is 10.1 Å². The monoisotopic (exact) mass is 266 g/mol. The molecule has 20 heavy (non-hydrogen) atoms. The third-order valence-corrected chi connectivity index (χ3v) is 2.88. The number of benzene rings is 1. The first-order valence-electron chi connectivity index (χ1n) is 6.33. The van der Waals surface area contributed by atoms with Crippen LogP contribution in [0.2, 0.25) is 0 Å². The highest BCUT2D eigenvalue weighted by atomic mass is 16.5. The molecule has 0 bridgehead atoms. The summed E-state index contributed by atoms with van der Waals surface area (Å²) in [7, 11) is 0. The second-order valence-electron chi connectivity index (χ2n) is 4.16. The van der Waals surface area contributed by atoms with Gasteiger partial charge in [-0.2, -0.15) is 5.26 Å². The Balaban J connectivity index is 2.23. The highest BCUT2D eigenvalue weighted by molar-refractivity contribution is 6.02. The summed E-state index contributed by atoms with van der Waals surface area (Å²) in [6.45, 7) is 2.47. The van der Waals surface area contributed by atoms with Crippen molar-refractivity contribution < 1.29 is 9.53 Å². The van der Waals surface area contributed by atoms with Gasteiger partial charge in [-0.15, -0.1) is 0 Å².